The monoisotopic (exact) mass is 202 g/mol. The Bertz CT molecular complexity index is 302. The molecule has 0 heterocycles. The minimum absolute atomic E-state index is 0.0607. The highest BCUT2D eigenvalue weighted by molar-refractivity contribution is 5.22. The molecular formula is C11H13F3. The summed E-state index contributed by atoms with van der Waals surface area (Å²) in [4.78, 5) is 0. The highest BCUT2D eigenvalue weighted by Gasteiger charge is 2.35. The van der Waals surface area contributed by atoms with Gasteiger partial charge < -0.3 is 0 Å². The van der Waals surface area contributed by atoms with Gasteiger partial charge in [0, 0.05) is 0 Å². The molecule has 1 atom stereocenters. The maximum atomic E-state index is 12.2. The van der Waals surface area contributed by atoms with Crippen molar-refractivity contribution in [2.75, 3.05) is 0 Å². The normalized spacial score (nSPS) is 14.1. The molecule has 0 aromatic heterocycles. The lowest BCUT2D eigenvalue weighted by atomic mass is 9.99. The number of rotatable bonds is 2. The number of alkyl halides is 3. The van der Waals surface area contributed by atoms with Crippen LogP contribution in [-0.4, -0.2) is 6.18 Å². The average molecular weight is 202 g/mol. The summed E-state index contributed by atoms with van der Waals surface area (Å²) in [6.45, 7) is 3.09. The van der Waals surface area contributed by atoms with E-state index in [1.165, 1.54) is 6.92 Å². The molecule has 0 aliphatic rings. The number of halogens is 3. The van der Waals surface area contributed by atoms with Gasteiger partial charge in [-0.15, -0.1) is 0 Å². The molecule has 0 amide bonds. The van der Waals surface area contributed by atoms with Gasteiger partial charge in [0.15, 0.2) is 0 Å². The molecule has 0 N–H and O–H groups in total. The van der Waals surface area contributed by atoms with E-state index < -0.39 is 12.1 Å². The molecule has 1 aromatic carbocycles. The van der Waals surface area contributed by atoms with E-state index in [2.05, 4.69) is 0 Å². The van der Waals surface area contributed by atoms with E-state index in [1.807, 2.05) is 13.0 Å². The van der Waals surface area contributed by atoms with E-state index in [0.717, 1.165) is 11.1 Å². The Morgan fingerprint density at radius 2 is 1.93 bits per heavy atom. The first kappa shape index (κ1) is 11.1. The zero-order valence-electron chi connectivity index (χ0n) is 8.23. The van der Waals surface area contributed by atoms with Crippen molar-refractivity contribution in [1.82, 2.24) is 0 Å². The maximum Gasteiger partial charge on any atom is 0.391 e. The summed E-state index contributed by atoms with van der Waals surface area (Å²) in [5.41, 5.74) is 1.74. The lowest BCUT2D eigenvalue weighted by Crippen LogP contribution is -2.21. The van der Waals surface area contributed by atoms with E-state index in [-0.39, 0.29) is 6.42 Å². The van der Waals surface area contributed by atoms with Gasteiger partial charge in [0.2, 0.25) is 0 Å². The Labute approximate surface area is 81.8 Å². The van der Waals surface area contributed by atoms with E-state index >= 15 is 0 Å². The third kappa shape index (κ3) is 3.05. The number of aryl methyl sites for hydroxylation is 1. The van der Waals surface area contributed by atoms with Gasteiger partial charge in [0.25, 0.3) is 0 Å². The SMILES string of the molecule is Cc1cccc(CC(C)C(F)(F)F)c1. The molecule has 1 aromatic rings. The molecule has 1 rings (SSSR count). The second-order valence-corrected chi connectivity index (χ2v) is 3.64. The summed E-state index contributed by atoms with van der Waals surface area (Å²) in [7, 11) is 0. The van der Waals surface area contributed by atoms with Gasteiger partial charge in [0.05, 0.1) is 5.92 Å². The minimum Gasteiger partial charge on any atom is -0.171 e. The predicted octanol–water partition coefficient (Wildman–Crippen LogP) is 3.74. The van der Waals surface area contributed by atoms with Crippen LogP contribution in [0.4, 0.5) is 13.2 Å². The van der Waals surface area contributed by atoms with Gasteiger partial charge in [-0.1, -0.05) is 36.8 Å². The highest BCUT2D eigenvalue weighted by atomic mass is 19.4. The summed E-state index contributed by atoms with van der Waals surface area (Å²) in [5, 5.41) is 0. The second-order valence-electron chi connectivity index (χ2n) is 3.64. The van der Waals surface area contributed by atoms with E-state index in [9.17, 15) is 13.2 Å². The third-order valence-electron chi connectivity index (χ3n) is 2.18. The third-order valence-corrected chi connectivity index (χ3v) is 2.18. The van der Waals surface area contributed by atoms with Gasteiger partial charge in [-0.2, -0.15) is 13.2 Å². The van der Waals surface area contributed by atoms with Crippen LogP contribution < -0.4 is 0 Å². The summed E-state index contributed by atoms with van der Waals surface area (Å²) in [5.74, 6) is -1.27. The molecule has 0 saturated carbocycles. The first-order chi connectivity index (χ1) is 6.39. The van der Waals surface area contributed by atoms with Crippen LogP contribution in [0.5, 0.6) is 0 Å². The minimum atomic E-state index is -4.09. The van der Waals surface area contributed by atoms with Crippen molar-refractivity contribution in [3.63, 3.8) is 0 Å². The van der Waals surface area contributed by atoms with Crippen molar-refractivity contribution in [3.8, 4) is 0 Å². The Morgan fingerprint density at radius 1 is 1.29 bits per heavy atom. The Kier molecular flexibility index (Phi) is 3.19. The van der Waals surface area contributed by atoms with Gasteiger partial charge >= 0.3 is 6.18 Å². The molecule has 0 bridgehead atoms. The molecule has 0 aliphatic carbocycles. The first-order valence-corrected chi connectivity index (χ1v) is 4.52. The maximum absolute atomic E-state index is 12.2. The van der Waals surface area contributed by atoms with E-state index in [4.69, 9.17) is 0 Å². The molecule has 0 fully saturated rings. The average Bonchev–Trinajstić information content (AvgIpc) is 2.02. The standard InChI is InChI=1S/C11H13F3/c1-8-4-3-5-10(6-8)7-9(2)11(12,13)14/h3-6,9H,7H2,1-2H3. The summed E-state index contributed by atoms with van der Waals surface area (Å²) in [6, 6.07) is 7.19. The summed E-state index contributed by atoms with van der Waals surface area (Å²) < 4.78 is 36.7. The zero-order chi connectivity index (χ0) is 10.8. The fourth-order valence-electron chi connectivity index (χ4n) is 1.31. The van der Waals surface area contributed by atoms with Crippen molar-refractivity contribution in [2.24, 2.45) is 5.92 Å². The van der Waals surface area contributed by atoms with Crippen LogP contribution in [0.25, 0.3) is 0 Å². The predicted molar refractivity (Wildman–Crippen MR) is 50.1 cm³/mol. The molecule has 3 heteroatoms. The number of hydrogen-bond acceptors (Lipinski definition) is 0. The van der Waals surface area contributed by atoms with Crippen LogP contribution in [0.3, 0.4) is 0 Å². The molecule has 0 aliphatic heterocycles. The molecule has 1 unspecified atom stereocenters. The second kappa shape index (κ2) is 4.03. The quantitative estimate of drug-likeness (QED) is 0.685. The molecule has 78 valence electrons. The van der Waals surface area contributed by atoms with E-state index in [1.54, 1.807) is 18.2 Å². The van der Waals surface area contributed by atoms with Gasteiger partial charge in [-0.05, 0) is 18.9 Å². The van der Waals surface area contributed by atoms with Crippen molar-refractivity contribution in [1.29, 1.82) is 0 Å². The Balaban J connectivity index is 2.70. The smallest absolute Gasteiger partial charge is 0.171 e. The van der Waals surface area contributed by atoms with Crippen LogP contribution in [0.1, 0.15) is 18.1 Å². The lowest BCUT2D eigenvalue weighted by molar-refractivity contribution is -0.169. The number of benzene rings is 1. The zero-order valence-corrected chi connectivity index (χ0v) is 8.23. The fourth-order valence-corrected chi connectivity index (χ4v) is 1.31. The van der Waals surface area contributed by atoms with Gasteiger partial charge in [0.1, 0.15) is 0 Å². The van der Waals surface area contributed by atoms with Crippen LogP contribution in [0, 0.1) is 12.8 Å². The summed E-state index contributed by atoms with van der Waals surface area (Å²) in [6.07, 6.45) is -4.03. The van der Waals surface area contributed by atoms with E-state index in [0.29, 0.717) is 0 Å². The Morgan fingerprint density at radius 3 is 2.43 bits per heavy atom. The molecule has 14 heavy (non-hydrogen) atoms. The first-order valence-electron chi connectivity index (χ1n) is 4.52. The fraction of sp³-hybridized carbons (Fsp3) is 0.455. The van der Waals surface area contributed by atoms with Crippen molar-refractivity contribution < 1.29 is 13.2 Å². The van der Waals surface area contributed by atoms with Crippen LogP contribution in [0.15, 0.2) is 24.3 Å². The van der Waals surface area contributed by atoms with Crippen molar-refractivity contribution in [2.45, 2.75) is 26.4 Å². The lowest BCUT2D eigenvalue weighted by Gasteiger charge is -2.15. The van der Waals surface area contributed by atoms with Gasteiger partial charge in [-0.3, -0.25) is 0 Å². The summed E-state index contributed by atoms with van der Waals surface area (Å²) >= 11 is 0. The molecule has 0 spiro atoms. The number of hydrogen-bond donors (Lipinski definition) is 0. The van der Waals surface area contributed by atoms with Gasteiger partial charge in [-0.25, -0.2) is 0 Å². The molecule has 0 radical (unpaired) electrons. The highest BCUT2D eigenvalue weighted by Crippen LogP contribution is 2.28. The molecular weight excluding hydrogens is 189 g/mol. The van der Waals surface area contributed by atoms with Crippen LogP contribution in [-0.2, 0) is 6.42 Å². The van der Waals surface area contributed by atoms with Crippen LogP contribution >= 0.6 is 0 Å². The van der Waals surface area contributed by atoms with Crippen LogP contribution in [0.2, 0.25) is 0 Å². The van der Waals surface area contributed by atoms with Crippen molar-refractivity contribution >= 4 is 0 Å². The largest absolute Gasteiger partial charge is 0.391 e. The topological polar surface area (TPSA) is 0 Å². The van der Waals surface area contributed by atoms with Crippen molar-refractivity contribution in [3.05, 3.63) is 35.4 Å². The Hall–Kier alpha value is -0.990. The molecule has 0 saturated heterocycles. The molecule has 0 nitrogen and oxygen atoms in total.